The fourth-order valence-electron chi connectivity index (χ4n) is 1.64. The molecule has 0 aliphatic carbocycles. The first-order chi connectivity index (χ1) is 9.60. The highest BCUT2D eigenvalue weighted by Crippen LogP contribution is 2.23. The summed E-state index contributed by atoms with van der Waals surface area (Å²) in [5.41, 5.74) is 1.29. The Bertz CT molecular complexity index is 596. The number of ether oxygens (including phenoxy) is 1. The van der Waals surface area contributed by atoms with Crippen molar-refractivity contribution in [2.45, 2.75) is 20.4 Å². The molecule has 2 aromatic rings. The van der Waals surface area contributed by atoms with Crippen LogP contribution in [-0.4, -0.2) is 17.6 Å². The Kier molecular flexibility index (Phi) is 4.68. The Morgan fingerprint density at radius 2 is 2.10 bits per heavy atom. The van der Waals surface area contributed by atoms with Crippen molar-refractivity contribution in [3.8, 4) is 0 Å². The molecule has 0 amide bonds. The van der Waals surface area contributed by atoms with Crippen LogP contribution in [0, 0.1) is 12.7 Å². The number of aromatic nitrogens is 1. The number of benzene rings is 1. The van der Waals surface area contributed by atoms with Gasteiger partial charge >= 0.3 is 5.97 Å². The van der Waals surface area contributed by atoms with Crippen LogP contribution in [0.2, 0.25) is 0 Å². The van der Waals surface area contributed by atoms with Crippen LogP contribution in [0.5, 0.6) is 0 Å². The van der Waals surface area contributed by atoms with Crippen molar-refractivity contribution in [2.75, 3.05) is 11.9 Å². The third kappa shape index (κ3) is 3.54. The zero-order valence-corrected chi connectivity index (χ0v) is 12.1. The van der Waals surface area contributed by atoms with Crippen LogP contribution < -0.4 is 5.32 Å². The summed E-state index contributed by atoms with van der Waals surface area (Å²) in [6.07, 6.45) is 0. The van der Waals surface area contributed by atoms with E-state index in [9.17, 15) is 9.18 Å². The molecule has 0 spiro atoms. The minimum atomic E-state index is -0.406. The summed E-state index contributed by atoms with van der Waals surface area (Å²) in [6, 6.07) is 6.23. The maximum absolute atomic E-state index is 12.8. The molecule has 0 aliphatic heterocycles. The molecule has 1 aromatic carbocycles. The maximum atomic E-state index is 12.8. The van der Waals surface area contributed by atoms with Crippen LogP contribution in [-0.2, 0) is 11.3 Å². The monoisotopic (exact) mass is 294 g/mol. The SMILES string of the molecule is CCOC(=O)c1nc(NCc2ccc(F)cc2)sc1C. The zero-order valence-electron chi connectivity index (χ0n) is 11.3. The average molecular weight is 294 g/mol. The van der Waals surface area contributed by atoms with Crippen molar-refractivity contribution in [2.24, 2.45) is 0 Å². The van der Waals surface area contributed by atoms with Crippen molar-refractivity contribution < 1.29 is 13.9 Å². The summed E-state index contributed by atoms with van der Waals surface area (Å²) >= 11 is 1.39. The number of thiazole rings is 1. The number of aryl methyl sites for hydroxylation is 1. The molecule has 0 aliphatic rings. The van der Waals surface area contributed by atoms with E-state index in [4.69, 9.17) is 4.74 Å². The second-order valence-electron chi connectivity index (χ2n) is 4.12. The minimum Gasteiger partial charge on any atom is -0.461 e. The van der Waals surface area contributed by atoms with Crippen LogP contribution in [0.4, 0.5) is 9.52 Å². The number of hydrogen-bond acceptors (Lipinski definition) is 5. The Morgan fingerprint density at radius 1 is 1.40 bits per heavy atom. The number of hydrogen-bond donors (Lipinski definition) is 1. The molecule has 0 unspecified atom stereocenters. The molecular weight excluding hydrogens is 279 g/mol. The van der Waals surface area contributed by atoms with Gasteiger partial charge in [-0.3, -0.25) is 0 Å². The molecule has 0 saturated heterocycles. The van der Waals surface area contributed by atoms with Crippen LogP contribution in [0.1, 0.15) is 27.9 Å². The molecule has 4 nitrogen and oxygen atoms in total. The quantitative estimate of drug-likeness (QED) is 0.859. The van der Waals surface area contributed by atoms with Gasteiger partial charge in [0.2, 0.25) is 0 Å². The summed E-state index contributed by atoms with van der Waals surface area (Å²) in [6.45, 7) is 4.43. The second-order valence-corrected chi connectivity index (χ2v) is 5.33. The largest absolute Gasteiger partial charge is 0.461 e. The van der Waals surface area contributed by atoms with Gasteiger partial charge < -0.3 is 10.1 Å². The lowest BCUT2D eigenvalue weighted by Crippen LogP contribution is -2.07. The maximum Gasteiger partial charge on any atom is 0.358 e. The third-order valence-electron chi connectivity index (χ3n) is 2.62. The van der Waals surface area contributed by atoms with Crippen molar-refractivity contribution in [1.29, 1.82) is 0 Å². The summed E-state index contributed by atoms with van der Waals surface area (Å²) < 4.78 is 17.7. The first-order valence-electron chi connectivity index (χ1n) is 6.23. The summed E-state index contributed by atoms with van der Waals surface area (Å²) in [4.78, 5) is 16.7. The van der Waals surface area contributed by atoms with E-state index in [-0.39, 0.29) is 5.82 Å². The van der Waals surface area contributed by atoms with Gasteiger partial charge in [0.15, 0.2) is 10.8 Å². The van der Waals surface area contributed by atoms with Gasteiger partial charge in [-0.25, -0.2) is 14.2 Å². The first-order valence-corrected chi connectivity index (χ1v) is 7.04. The second kappa shape index (κ2) is 6.47. The highest BCUT2D eigenvalue weighted by atomic mass is 32.1. The predicted molar refractivity (Wildman–Crippen MR) is 76.5 cm³/mol. The number of nitrogens with zero attached hydrogens (tertiary/aromatic N) is 1. The van der Waals surface area contributed by atoms with Gasteiger partial charge in [-0.15, -0.1) is 11.3 Å². The van der Waals surface area contributed by atoms with Gasteiger partial charge in [-0.1, -0.05) is 12.1 Å². The Balaban J connectivity index is 2.01. The Morgan fingerprint density at radius 3 is 2.75 bits per heavy atom. The van der Waals surface area contributed by atoms with Crippen LogP contribution in [0.25, 0.3) is 0 Å². The van der Waals surface area contributed by atoms with Gasteiger partial charge in [0.25, 0.3) is 0 Å². The van der Waals surface area contributed by atoms with Crippen molar-refractivity contribution in [3.05, 3.63) is 46.2 Å². The van der Waals surface area contributed by atoms with Crippen LogP contribution >= 0.6 is 11.3 Å². The molecule has 20 heavy (non-hydrogen) atoms. The number of rotatable bonds is 5. The van der Waals surface area contributed by atoms with E-state index >= 15 is 0 Å². The molecule has 106 valence electrons. The fourth-order valence-corrected chi connectivity index (χ4v) is 2.44. The van der Waals surface area contributed by atoms with Crippen LogP contribution in [0.3, 0.4) is 0 Å². The standard InChI is InChI=1S/C14H15FN2O2S/c1-3-19-13(18)12-9(2)20-14(17-12)16-8-10-4-6-11(15)7-5-10/h4-7H,3,8H2,1-2H3,(H,16,17). The molecule has 0 bridgehead atoms. The van der Waals surface area contributed by atoms with E-state index < -0.39 is 5.97 Å². The summed E-state index contributed by atoms with van der Waals surface area (Å²) in [5, 5.41) is 3.76. The van der Waals surface area contributed by atoms with Gasteiger partial charge in [-0.05, 0) is 31.5 Å². The number of anilines is 1. The highest BCUT2D eigenvalue weighted by Gasteiger charge is 2.16. The molecule has 0 radical (unpaired) electrons. The number of halogens is 1. The first kappa shape index (κ1) is 14.5. The normalized spacial score (nSPS) is 10.3. The summed E-state index contributed by atoms with van der Waals surface area (Å²) in [5.74, 6) is -0.667. The average Bonchev–Trinajstić information content (AvgIpc) is 2.80. The Labute approximate surface area is 120 Å². The van der Waals surface area contributed by atoms with Gasteiger partial charge in [0, 0.05) is 11.4 Å². The van der Waals surface area contributed by atoms with Crippen molar-refractivity contribution >= 4 is 22.4 Å². The van der Waals surface area contributed by atoms with E-state index in [0.717, 1.165) is 10.4 Å². The molecule has 1 aromatic heterocycles. The molecular formula is C14H15FN2O2S. The van der Waals surface area contributed by atoms with E-state index in [1.165, 1.54) is 23.5 Å². The number of carbonyl (C=O) groups excluding carboxylic acids is 1. The molecule has 2 rings (SSSR count). The fraction of sp³-hybridized carbons (Fsp3) is 0.286. The van der Waals surface area contributed by atoms with E-state index in [2.05, 4.69) is 10.3 Å². The summed E-state index contributed by atoms with van der Waals surface area (Å²) in [7, 11) is 0. The number of esters is 1. The topological polar surface area (TPSA) is 51.2 Å². The minimum absolute atomic E-state index is 0.261. The molecule has 0 saturated carbocycles. The molecule has 1 N–H and O–H groups in total. The molecule has 0 fully saturated rings. The van der Waals surface area contributed by atoms with E-state index in [0.29, 0.717) is 24.0 Å². The van der Waals surface area contributed by atoms with Gasteiger partial charge in [0.05, 0.1) is 6.61 Å². The smallest absolute Gasteiger partial charge is 0.358 e. The Hall–Kier alpha value is -1.95. The lowest BCUT2D eigenvalue weighted by atomic mass is 10.2. The zero-order chi connectivity index (χ0) is 14.5. The molecule has 6 heteroatoms. The van der Waals surface area contributed by atoms with Crippen molar-refractivity contribution in [3.63, 3.8) is 0 Å². The van der Waals surface area contributed by atoms with Crippen molar-refractivity contribution in [1.82, 2.24) is 4.98 Å². The molecule has 0 atom stereocenters. The van der Waals surface area contributed by atoms with E-state index in [1.54, 1.807) is 19.1 Å². The highest BCUT2D eigenvalue weighted by molar-refractivity contribution is 7.15. The lowest BCUT2D eigenvalue weighted by Gasteiger charge is -2.02. The van der Waals surface area contributed by atoms with Gasteiger partial charge in [0.1, 0.15) is 5.82 Å². The third-order valence-corrected chi connectivity index (χ3v) is 3.55. The number of carbonyl (C=O) groups is 1. The van der Waals surface area contributed by atoms with Gasteiger partial charge in [-0.2, -0.15) is 0 Å². The van der Waals surface area contributed by atoms with Crippen LogP contribution in [0.15, 0.2) is 24.3 Å². The van der Waals surface area contributed by atoms with E-state index in [1.807, 2.05) is 6.92 Å². The lowest BCUT2D eigenvalue weighted by molar-refractivity contribution is 0.0519. The number of nitrogens with one attached hydrogen (secondary N) is 1. The molecule has 1 heterocycles. The predicted octanol–water partition coefficient (Wildman–Crippen LogP) is 3.38.